The van der Waals surface area contributed by atoms with Crippen LogP contribution in [-0.2, 0) is 14.8 Å². The van der Waals surface area contributed by atoms with Gasteiger partial charge in [-0.05, 0) is 84.9 Å². The first-order valence-electron chi connectivity index (χ1n) is 13.0. The van der Waals surface area contributed by atoms with Gasteiger partial charge in [-0.1, -0.05) is 29.8 Å². The van der Waals surface area contributed by atoms with Gasteiger partial charge in [-0.25, -0.2) is 12.7 Å². The van der Waals surface area contributed by atoms with Crippen molar-refractivity contribution in [3.63, 3.8) is 0 Å². The minimum atomic E-state index is -3.19. The Bertz CT molecular complexity index is 1240. The van der Waals surface area contributed by atoms with E-state index in [4.69, 9.17) is 28.2 Å². The summed E-state index contributed by atoms with van der Waals surface area (Å²) >= 11 is 12.1. The molecule has 1 N–H and O–H groups in total. The van der Waals surface area contributed by atoms with E-state index in [1.165, 1.54) is 17.4 Å². The molecule has 2 heterocycles. The quantitative estimate of drug-likeness (QED) is 0.297. The van der Waals surface area contributed by atoms with Crippen LogP contribution < -0.4 is 5.32 Å². The number of alkyl halides is 1. The number of aromatic nitrogens is 1. The molecule has 0 saturated carbocycles. The topological polar surface area (TPSA) is 79.4 Å². The average molecular weight is 565 g/mol. The van der Waals surface area contributed by atoms with Crippen LogP contribution in [0.15, 0.2) is 36.5 Å². The van der Waals surface area contributed by atoms with Crippen molar-refractivity contribution in [2.24, 2.45) is 5.92 Å². The molecule has 200 valence electrons. The number of carbonyl (C=O) groups is 1. The minimum absolute atomic E-state index is 0.0530. The Morgan fingerprint density at radius 1 is 1.16 bits per heavy atom. The van der Waals surface area contributed by atoms with Gasteiger partial charge in [0, 0.05) is 49.1 Å². The monoisotopic (exact) mass is 563 g/mol. The SMILES string of the molecule is CS(=O)(=O)N1CCC(C2c3ccc(Cl)cc3C=C(CCCCNC(=O)CCCCl)c3cccnc32)CC1. The lowest BCUT2D eigenvalue weighted by Crippen LogP contribution is -2.39. The highest BCUT2D eigenvalue weighted by Gasteiger charge is 2.35. The summed E-state index contributed by atoms with van der Waals surface area (Å²) in [5, 5.41) is 3.67. The van der Waals surface area contributed by atoms with Gasteiger partial charge in [-0.2, -0.15) is 0 Å². The predicted molar refractivity (Wildman–Crippen MR) is 151 cm³/mol. The molecule has 1 aliphatic carbocycles. The number of hydrogen-bond donors (Lipinski definition) is 1. The second-order valence-electron chi connectivity index (χ2n) is 9.96. The van der Waals surface area contributed by atoms with Gasteiger partial charge in [0.25, 0.3) is 0 Å². The van der Waals surface area contributed by atoms with Gasteiger partial charge in [0.15, 0.2) is 0 Å². The maximum absolute atomic E-state index is 12.1. The first-order valence-corrected chi connectivity index (χ1v) is 15.8. The number of sulfonamides is 1. The predicted octanol–water partition coefficient (Wildman–Crippen LogP) is 5.70. The second kappa shape index (κ2) is 12.7. The molecule has 9 heteroatoms. The molecule has 6 nitrogen and oxygen atoms in total. The summed E-state index contributed by atoms with van der Waals surface area (Å²) in [5.41, 5.74) is 5.73. The number of unbranched alkanes of at least 4 members (excludes halogenated alkanes) is 1. The van der Waals surface area contributed by atoms with Crippen molar-refractivity contribution >= 4 is 50.8 Å². The third-order valence-electron chi connectivity index (χ3n) is 7.36. The molecule has 1 unspecified atom stereocenters. The summed E-state index contributed by atoms with van der Waals surface area (Å²) < 4.78 is 25.8. The maximum Gasteiger partial charge on any atom is 0.220 e. The average Bonchev–Trinajstić information content (AvgIpc) is 3.01. The van der Waals surface area contributed by atoms with Crippen molar-refractivity contribution in [3.05, 3.63) is 63.9 Å². The fraction of sp³-hybridized carbons (Fsp3) is 0.500. The van der Waals surface area contributed by atoms with Gasteiger partial charge in [0.05, 0.1) is 11.9 Å². The number of halogens is 2. The smallest absolute Gasteiger partial charge is 0.220 e. The molecule has 1 aromatic heterocycles. The molecule has 1 aliphatic heterocycles. The van der Waals surface area contributed by atoms with Crippen LogP contribution in [0.1, 0.15) is 73.2 Å². The third kappa shape index (κ3) is 7.14. The lowest BCUT2D eigenvalue weighted by molar-refractivity contribution is -0.121. The van der Waals surface area contributed by atoms with E-state index in [0.29, 0.717) is 43.4 Å². The molecule has 37 heavy (non-hydrogen) atoms. The maximum atomic E-state index is 12.1. The summed E-state index contributed by atoms with van der Waals surface area (Å²) in [6.07, 6.45) is 10.8. The Morgan fingerprint density at radius 3 is 2.68 bits per heavy atom. The molecule has 1 fully saturated rings. The van der Waals surface area contributed by atoms with E-state index in [1.807, 2.05) is 24.4 Å². The molecule has 0 radical (unpaired) electrons. The number of nitrogens with one attached hydrogen (secondary N) is 1. The number of benzene rings is 1. The molecule has 1 saturated heterocycles. The lowest BCUT2D eigenvalue weighted by Gasteiger charge is -2.35. The number of amides is 1. The number of fused-ring (bicyclic) bond motifs is 2. The molecule has 2 aliphatic rings. The summed E-state index contributed by atoms with van der Waals surface area (Å²) in [4.78, 5) is 16.8. The summed E-state index contributed by atoms with van der Waals surface area (Å²) in [6, 6.07) is 10.2. The van der Waals surface area contributed by atoms with Gasteiger partial charge >= 0.3 is 0 Å². The largest absolute Gasteiger partial charge is 0.356 e. The zero-order valence-electron chi connectivity index (χ0n) is 21.3. The van der Waals surface area contributed by atoms with Gasteiger partial charge in [-0.15, -0.1) is 11.6 Å². The van der Waals surface area contributed by atoms with Crippen LogP contribution in [0.2, 0.25) is 5.02 Å². The fourth-order valence-corrected chi connectivity index (χ4v) is 6.70. The van der Waals surface area contributed by atoms with Crippen LogP contribution in [0.5, 0.6) is 0 Å². The second-order valence-corrected chi connectivity index (χ2v) is 12.8. The van der Waals surface area contributed by atoms with E-state index in [0.717, 1.165) is 48.9 Å². The number of carbonyl (C=O) groups excluding carboxylic acids is 1. The number of pyridine rings is 1. The van der Waals surface area contributed by atoms with Crippen molar-refractivity contribution < 1.29 is 13.2 Å². The number of rotatable bonds is 10. The fourth-order valence-electron chi connectivity index (χ4n) is 5.51. The lowest BCUT2D eigenvalue weighted by atomic mass is 9.76. The van der Waals surface area contributed by atoms with Gasteiger partial charge < -0.3 is 5.32 Å². The van der Waals surface area contributed by atoms with Crippen LogP contribution in [0.4, 0.5) is 0 Å². The number of hydrogen-bond acceptors (Lipinski definition) is 4. The van der Waals surface area contributed by atoms with E-state index >= 15 is 0 Å². The number of allylic oxidation sites excluding steroid dienone is 1. The van der Waals surface area contributed by atoms with Crippen LogP contribution in [-0.4, -0.2) is 55.4 Å². The standard InChI is InChI=1S/C28H35Cl2N3O3S/c1-37(35,36)33-16-11-20(12-17-33)27-24-10-9-23(30)19-22(24)18-21(25-7-5-15-32-28(25)27)6-2-3-14-31-26(34)8-4-13-29/h5,7,9-10,15,18-20,27H,2-4,6,8,11-14,16-17H2,1H3,(H,31,34). The Kier molecular flexibility index (Phi) is 9.67. The highest BCUT2D eigenvalue weighted by atomic mass is 35.5. The van der Waals surface area contributed by atoms with Gasteiger partial charge in [-0.3, -0.25) is 9.78 Å². The summed E-state index contributed by atoms with van der Waals surface area (Å²) in [5.74, 6) is 0.901. The van der Waals surface area contributed by atoms with Crippen molar-refractivity contribution in [2.45, 2.75) is 50.9 Å². The van der Waals surface area contributed by atoms with Crippen molar-refractivity contribution in [3.8, 4) is 0 Å². The van der Waals surface area contributed by atoms with E-state index in [2.05, 4.69) is 23.5 Å². The number of piperidine rings is 1. The molecule has 1 aromatic carbocycles. The van der Waals surface area contributed by atoms with Crippen molar-refractivity contribution in [2.75, 3.05) is 31.8 Å². The highest BCUT2D eigenvalue weighted by molar-refractivity contribution is 7.88. The Balaban J connectivity index is 1.56. The minimum Gasteiger partial charge on any atom is -0.356 e. The number of nitrogens with zero attached hydrogens (tertiary/aromatic N) is 2. The molecule has 2 aromatic rings. The van der Waals surface area contributed by atoms with Crippen molar-refractivity contribution in [1.82, 2.24) is 14.6 Å². The Hall–Kier alpha value is -1.93. The van der Waals surface area contributed by atoms with Crippen molar-refractivity contribution in [1.29, 1.82) is 0 Å². The third-order valence-corrected chi connectivity index (χ3v) is 9.17. The van der Waals surface area contributed by atoms with E-state index in [9.17, 15) is 13.2 Å². The normalized spacial score (nSPS) is 18.5. The molecular formula is C28H35Cl2N3O3S. The first-order chi connectivity index (χ1) is 17.8. The molecule has 0 bridgehead atoms. The molecule has 0 spiro atoms. The van der Waals surface area contributed by atoms with Crippen LogP contribution >= 0.6 is 23.2 Å². The van der Waals surface area contributed by atoms with Gasteiger partial charge in [0.1, 0.15) is 0 Å². The molecule has 4 rings (SSSR count). The zero-order valence-corrected chi connectivity index (χ0v) is 23.6. The van der Waals surface area contributed by atoms with Crippen LogP contribution in [0.3, 0.4) is 0 Å². The highest BCUT2D eigenvalue weighted by Crippen LogP contribution is 2.45. The molecule has 1 atom stereocenters. The van der Waals surface area contributed by atoms with Gasteiger partial charge in [0.2, 0.25) is 15.9 Å². The van der Waals surface area contributed by atoms with E-state index < -0.39 is 10.0 Å². The van der Waals surface area contributed by atoms with Crippen LogP contribution in [0, 0.1) is 5.92 Å². The van der Waals surface area contributed by atoms with E-state index in [1.54, 1.807) is 4.31 Å². The van der Waals surface area contributed by atoms with E-state index in [-0.39, 0.29) is 17.7 Å². The zero-order chi connectivity index (χ0) is 26.4. The summed E-state index contributed by atoms with van der Waals surface area (Å²) in [6.45, 7) is 1.71. The Labute approximate surface area is 230 Å². The molecule has 1 amide bonds. The first kappa shape index (κ1) is 28.1. The molecular weight excluding hydrogens is 529 g/mol. The van der Waals surface area contributed by atoms with Crippen LogP contribution in [0.25, 0.3) is 11.6 Å². The summed E-state index contributed by atoms with van der Waals surface area (Å²) in [7, 11) is -3.19. The Morgan fingerprint density at radius 2 is 1.95 bits per heavy atom.